The fourth-order valence-electron chi connectivity index (χ4n) is 13.5. The van der Waals surface area contributed by atoms with Gasteiger partial charge in [0.2, 0.25) is 0 Å². The van der Waals surface area contributed by atoms with E-state index in [4.69, 9.17) is 4.98 Å². The monoisotopic (exact) mass is 734 g/mol. The minimum absolute atomic E-state index is 0.0619. The summed E-state index contributed by atoms with van der Waals surface area (Å²) >= 11 is 0. The Bertz CT molecular complexity index is 1990. The highest BCUT2D eigenvalue weighted by Crippen LogP contribution is 2.55. The summed E-state index contributed by atoms with van der Waals surface area (Å²) in [5.41, 5.74) is 10.5. The predicted octanol–water partition coefficient (Wildman–Crippen LogP) is 13.6. The third-order valence-electron chi connectivity index (χ3n) is 17.4. The van der Waals surface area contributed by atoms with Gasteiger partial charge in [0.25, 0.3) is 5.65 Å². The van der Waals surface area contributed by atoms with Crippen LogP contribution < -0.4 is 4.57 Å². The summed E-state index contributed by atoms with van der Waals surface area (Å²) < 4.78 is 8.68. The van der Waals surface area contributed by atoms with Crippen LogP contribution in [0.1, 0.15) is 219 Å². The first kappa shape index (κ1) is 38.5. The molecule has 4 aliphatic rings. The lowest BCUT2D eigenvalue weighted by Gasteiger charge is -2.45. The molecule has 0 amide bonds. The summed E-state index contributed by atoms with van der Waals surface area (Å²) in [5, 5.41) is 1.50. The van der Waals surface area contributed by atoms with Gasteiger partial charge in [0.1, 0.15) is 5.54 Å². The van der Waals surface area contributed by atoms with Gasteiger partial charge in [-0.05, 0) is 92.6 Å². The summed E-state index contributed by atoms with van der Waals surface area (Å²) in [7, 11) is 0. The molecule has 1 aromatic carbocycles. The van der Waals surface area contributed by atoms with Crippen molar-refractivity contribution in [3.63, 3.8) is 0 Å². The van der Waals surface area contributed by atoms with Crippen LogP contribution in [0.4, 0.5) is 0 Å². The van der Waals surface area contributed by atoms with E-state index in [9.17, 15) is 0 Å². The van der Waals surface area contributed by atoms with Gasteiger partial charge in [-0.1, -0.05) is 140 Å². The van der Waals surface area contributed by atoms with Crippen molar-refractivity contribution in [1.29, 1.82) is 0 Å². The van der Waals surface area contributed by atoms with Crippen molar-refractivity contribution in [1.82, 2.24) is 13.8 Å². The van der Waals surface area contributed by atoms with Crippen molar-refractivity contribution >= 4 is 22.3 Å². The van der Waals surface area contributed by atoms with Gasteiger partial charge in [0.15, 0.2) is 11.4 Å². The highest BCUT2D eigenvalue weighted by Gasteiger charge is 2.57. The predicted molar refractivity (Wildman–Crippen MR) is 228 cm³/mol. The van der Waals surface area contributed by atoms with Crippen LogP contribution in [0, 0.1) is 41.4 Å². The van der Waals surface area contributed by atoms with E-state index < -0.39 is 0 Å². The molecule has 0 saturated heterocycles. The number of aromatic nitrogens is 4. The molecule has 4 heteroatoms. The van der Waals surface area contributed by atoms with Crippen LogP contribution in [0.5, 0.6) is 0 Å². The molecular weight excluding hydrogens is 657 g/mol. The lowest BCUT2D eigenvalue weighted by Crippen LogP contribution is -2.66. The van der Waals surface area contributed by atoms with E-state index >= 15 is 0 Å². The van der Waals surface area contributed by atoms with E-state index in [-0.39, 0.29) is 11.0 Å². The van der Waals surface area contributed by atoms with Gasteiger partial charge in [-0.3, -0.25) is 4.40 Å². The van der Waals surface area contributed by atoms with Crippen LogP contribution in [-0.2, 0) is 11.0 Å². The number of rotatable bonds is 8. The molecule has 54 heavy (non-hydrogen) atoms. The van der Waals surface area contributed by atoms with Crippen LogP contribution in [0.25, 0.3) is 22.3 Å². The molecule has 4 heterocycles. The lowest BCUT2D eigenvalue weighted by atomic mass is 9.64. The average molecular weight is 734 g/mol. The second-order valence-corrected chi connectivity index (χ2v) is 21.3. The van der Waals surface area contributed by atoms with Crippen molar-refractivity contribution in [3.05, 3.63) is 46.5 Å². The van der Waals surface area contributed by atoms with Crippen molar-refractivity contribution < 1.29 is 4.57 Å². The van der Waals surface area contributed by atoms with Gasteiger partial charge in [-0.15, -0.1) is 0 Å². The molecule has 0 bridgehead atoms. The summed E-state index contributed by atoms with van der Waals surface area (Å²) in [4.78, 5) is 6.16. The maximum absolute atomic E-state index is 6.16. The van der Waals surface area contributed by atoms with Gasteiger partial charge >= 0.3 is 5.78 Å². The first-order valence-corrected chi connectivity index (χ1v) is 23.1. The molecular formula is C50H77N4+. The molecule has 0 spiro atoms. The average Bonchev–Trinajstić information content (AvgIpc) is 3.67. The second-order valence-electron chi connectivity index (χ2n) is 21.3. The highest BCUT2D eigenvalue weighted by atomic mass is 15.3. The number of hydrogen-bond acceptors (Lipinski definition) is 1. The third-order valence-corrected chi connectivity index (χ3v) is 17.4. The molecule has 8 rings (SSSR count). The number of nitrogens with zero attached hydrogens (tertiary/aromatic N) is 4. The summed E-state index contributed by atoms with van der Waals surface area (Å²) in [5.74, 6) is 7.74. The van der Waals surface area contributed by atoms with Gasteiger partial charge in [0, 0.05) is 29.1 Å². The zero-order valence-electron chi connectivity index (χ0n) is 36.9. The summed E-state index contributed by atoms with van der Waals surface area (Å²) in [6, 6.07) is 7.39. The first-order chi connectivity index (χ1) is 25.6. The van der Waals surface area contributed by atoms with Crippen molar-refractivity contribution in [2.75, 3.05) is 0 Å². The molecule has 3 saturated carbocycles. The van der Waals surface area contributed by atoms with Crippen LogP contribution >= 0.6 is 0 Å². The van der Waals surface area contributed by atoms with Gasteiger partial charge in [0.05, 0.1) is 22.3 Å². The van der Waals surface area contributed by atoms with Crippen LogP contribution in [-0.4, -0.2) is 13.8 Å². The van der Waals surface area contributed by atoms with E-state index in [2.05, 4.69) is 122 Å². The zero-order valence-corrected chi connectivity index (χ0v) is 36.9. The Morgan fingerprint density at radius 3 is 1.78 bits per heavy atom. The molecule has 3 aliphatic carbocycles. The Labute approximate surface area is 329 Å². The number of imidazole rings is 2. The molecule has 3 fully saturated rings. The van der Waals surface area contributed by atoms with Gasteiger partial charge in [-0.2, -0.15) is 9.38 Å². The molecule has 0 radical (unpaired) electrons. The Hall–Kier alpha value is -2.36. The molecule has 8 unspecified atom stereocenters. The van der Waals surface area contributed by atoms with Gasteiger partial charge < -0.3 is 0 Å². The normalized spacial score (nSPS) is 33.5. The van der Waals surface area contributed by atoms with Crippen LogP contribution in [0.3, 0.4) is 0 Å². The minimum Gasteiger partial charge on any atom is -0.261 e. The molecule has 4 nitrogen and oxygen atoms in total. The van der Waals surface area contributed by atoms with E-state index in [0.717, 1.165) is 0 Å². The number of hydrogen-bond donors (Lipinski definition) is 0. The standard InChI is InChI=1S/C50H77N4/c1-14-15-20-29(2)36(9)43-44(39-30(3)21-16-22-31(39)4)52-38-28-19-27-37-42(38)47-53(48(52)51-43)45(40-32(5)23-17-24-33(40)6)46(41-34(7)25-18-26-35(41)8)54(47)50(12,13)49(37,10)11/h19,27-36,39-41H,14-18,20-26H2,1-13H3/q+1. The fourth-order valence-corrected chi connectivity index (χ4v) is 13.5. The molecule has 0 N–H and O–H groups in total. The van der Waals surface area contributed by atoms with Crippen LogP contribution in [0.2, 0.25) is 0 Å². The first-order valence-electron chi connectivity index (χ1n) is 23.1. The number of benzene rings is 1. The zero-order chi connectivity index (χ0) is 38.6. The number of fused-ring (bicyclic) bond motifs is 3. The van der Waals surface area contributed by atoms with Crippen molar-refractivity contribution in [2.45, 2.75) is 202 Å². The van der Waals surface area contributed by atoms with E-state index in [1.165, 1.54) is 111 Å². The van der Waals surface area contributed by atoms with Gasteiger partial charge in [-0.25, -0.2) is 4.57 Å². The maximum Gasteiger partial charge on any atom is 0.311 e. The lowest BCUT2D eigenvalue weighted by molar-refractivity contribution is -0.753. The Balaban J connectivity index is 1.63. The topological polar surface area (TPSA) is 25.6 Å². The smallest absolute Gasteiger partial charge is 0.261 e. The fraction of sp³-hybridized carbons (Fsp3) is 0.760. The SMILES string of the molecule is CCCCC(C)C(C)c1nc2n(c1C1C(C)CCCC1C)c1cccc3c1c1n2c(C2C(C)CCCC2C)c(C2C(C)CCCC2C)[n+]1C(C)(C)C3(C)C. The Morgan fingerprint density at radius 2 is 1.24 bits per heavy atom. The van der Waals surface area contributed by atoms with E-state index in [1.54, 1.807) is 17.1 Å². The van der Waals surface area contributed by atoms with Crippen molar-refractivity contribution in [3.8, 4) is 0 Å². The van der Waals surface area contributed by atoms with Crippen molar-refractivity contribution in [2.24, 2.45) is 41.4 Å². The highest BCUT2D eigenvalue weighted by molar-refractivity contribution is 5.97. The number of unbranched alkanes of at least 4 members (excludes halogenated alkanes) is 1. The maximum atomic E-state index is 6.16. The van der Waals surface area contributed by atoms with E-state index in [0.29, 0.717) is 65.1 Å². The molecule has 4 aromatic rings. The largest absolute Gasteiger partial charge is 0.311 e. The summed E-state index contributed by atoms with van der Waals surface area (Å²) in [6.07, 6.45) is 15.9. The Morgan fingerprint density at radius 1 is 0.722 bits per heavy atom. The molecule has 3 aromatic heterocycles. The molecule has 1 aliphatic heterocycles. The quantitative estimate of drug-likeness (QED) is 0.166. The molecule has 296 valence electrons. The van der Waals surface area contributed by atoms with Crippen LogP contribution in [0.15, 0.2) is 18.2 Å². The summed E-state index contributed by atoms with van der Waals surface area (Å²) in [6.45, 7) is 33.3. The minimum atomic E-state index is -0.115. The third kappa shape index (κ3) is 5.46. The van der Waals surface area contributed by atoms with E-state index in [1.807, 2.05) is 0 Å². The molecule has 8 atom stereocenters. The Kier molecular flexibility index (Phi) is 9.94. The second kappa shape index (κ2) is 13.9.